The lowest BCUT2D eigenvalue weighted by atomic mass is 10.1. The number of carbonyl (C=O) groups excluding carboxylic acids is 1. The molecule has 0 unspecified atom stereocenters. The van der Waals surface area contributed by atoms with Gasteiger partial charge < -0.3 is 9.84 Å². The number of halogens is 1. The van der Waals surface area contributed by atoms with Crippen molar-refractivity contribution >= 4 is 38.5 Å². The number of benzene rings is 2. The van der Waals surface area contributed by atoms with E-state index in [0.29, 0.717) is 11.3 Å². The van der Waals surface area contributed by atoms with Gasteiger partial charge in [0.2, 0.25) is 5.91 Å². The third-order valence-electron chi connectivity index (χ3n) is 2.93. The molecule has 0 aliphatic carbocycles. The molecule has 4 nitrogen and oxygen atoms in total. The first-order chi connectivity index (χ1) is 9.74. The summed E-state index contributed by atoms with van der Waals surface area (Å²) in [6, 6.07) is 15.0. The molecule has 20 heavy (non-hydrogen) atoms. The van der Waals surface area contributed by atoms with Crippen LogP contribution in [-0.2, 0) is 11.2 Å². The summed E-state index contributed by atoms with van der Waals surface area (Å²) in [7, 11) is 0. The van der Waals surface area contributed by atoms with Gasteiger partial charge in [0.05, 0.1) is 12.1 Å². The molecule has 3 aromatic rings. The van der Waals surface area contributed by atoms with Gasteiger partial charge in [-0.3, -0.25) is 4.79 Å². The summed E-state index contributed by atoms with van der Waals surface area (Å²) in [5.41, 5.74) is 2.08. The Hall–Kier alpha value is -2.14. The molecular formula is C15H11BrN2O2. The van der Waals surface area contributed by atoms with Gasteiger partial charge in [-0.05, 0) is 40.2 Å². The van der Waals surface area contributed by atoms with E-state index in [4.69, 9.17) is 4.52 Å². The molecule has 0 bridgehead atoms. The van der Waals surface area contributed by atoms with Crippen LogP contribution in [0.4, 0.5) is 5.69 Å². The summed E-state index contributed by atoms with van der Waals surface area (Å²) < 4.78 is 6.03. The van der Waals surface area contributed by atoms with Gasteiger partial charge in [0.1, 0.15) is 5.69 Å². The fourth-order valence-corrected chi connectivity index (χ4v) is 2.36. The molecule has 5 heteroatoms. The lowest BCUT2D eigenvalue weighted by Gasteiger charge is -2.05. The first-order valence-electron chi connectivity index (χ1n) is 6.12. The molecular weight excluding hydrogens is 320 g/mol. The number of para-hydroxylation sites is 2. The van der Waals surface area contributed by atoms with Crippen LogP contribution in [0.3, 0.4) is 0 Å². The molecule has 1 heterocycles. The maximum atomic E-state index is 12.1. The van der Waals surface area contributed by atoms with Crippen molar-refractivity contribution in [1.29, 1.82) is 0 Å². The Morgan fingerprint density at radius 3 is 2.75 bits per heavy atom. The van der Waals surface area contributed by atoms with E-state index < -0.39 is 0 Å². The van der Waals surface area contributed by atoms with Crippen LogP contribution in [0.5, 0.6) is 0 Å². The topological polar surface area (TPSA) is 55.1 Å². The number of rotatable bonds is 3. The monoisotopic (exact) mass is 330 g/mol. The van der Waals surface area contributed by atoms with E-state index in [1.165, 1.54) is 0 Å². The third kappa shape index (κ3) is 2.58. The Morgan fingerprint density at radius 1 is 1.15 bits per heavy atom. The van der Waals surface area contributed by atoms with Gasteiger partial charge in [-0.1, -0.05) is 29.4 Å². The van der Waals surface area contributed by atoms with Crippen LogP contribution in [0, 0.1) is 0 Å². The number of amides is 1. The predicted octanol–water partition coefficient (Wildman–Crippen LogP) is 3.77. The highest BCUT2D eigenvalue weighted by Crippen LogP contribution is 2.22. The fraction of sp³-hybridized carbons (Fsp3) is 0.0667. The fourth-order valence-electron chi connectivity index (χ4n) is 1.97. The molecule has 1 amide bonds. The molecule has 0 aliphatic rings. The average Bonchev–Trinajstić information content (AvgIpc) is 2.85. The minimum absolute atomic E-state index is 0.129. The number of anilines is 1. The van der Waals surface area contributed by atoms with Crippen molar-refractivity contribution in [1.82, 2.24) is 5.16 Å². The number of aromatic nitrogens is 1. The molecule has 2 aromatic carbocycles. The molecule has 100 valence electrons. The first-order valence-corrected chi connectivity index (χ1v) is 6.91. The maximum Gasteiger partial charge on any atom is 0.230 e. The van der Waals surface area contributed by atoms with Gasteiger partial charge in [-0.15, -0.1) is 0 Å². The molecule has 0 spiro atoms. The number of hydrogen-bond acceptors (Lipinski definition) is 3. The number of nitrogens with one attached hydrogen (secondary N) is 1. The Labute approximate surface area is 123 Å². The molecule has 0 saturated heterocycles. The zero-order chi connectivity index (χ0) is 13.9. The lowest BCUT2D eigenvalue weighted by molar-refractivity contribution is -0.115. The van der Waals surface area contributed by atoms with Crippen molar-refractivity contribution in [2.24, 2.45) is 0 Å². The highest BCUT2D eigenvalue weighted by Gasteiger charge is 2.12. The van der Waals surface area contributed by atoms with Crippen LogP contribution >= 0.6 is 15.9 Å². The van der Waals surface area contributed by atoms with Crippen LogP contribution in [0.25, 0.3) is 11.0 Å². The van der Waals surface area contributed by atoms with E-state index in [1.807, 2.05) is 48.5 Å². The minimum Gasteiger partial charge on any atom is -0.356 e. The largest absolute Gasteiger partial charge is 0.356 e. The SMILES string of the molecule is O=C(Cc1noc2ccccc12)Nc1ccccc1Br. The highest BCUT2D eigenvalue weighted by molar-refractivity contribution is 9.10. The highest BCUT2D eigenvalue weighted by atomic mass is 79.9. The molecule has 0 aliphatic heterocycles. The Bertz CT molecular complexity index is 767. The van der Waals surface area contributed by atoms with E-state index in [-0.39, 0.29) is 12.3 Å². The number of carbonyl (C=O) groups is 1. The second kappa shape index (κ2) is 5.46. The van der Waals surface area contributed by atoms with E-state index >= 15 is 0 Å². The van der Waals surface area contributed by atoms with E-state index in [9.17, 15) is 4.79 Å². The number of fused-ring (bicyclic) bond motifs is 1. The second-order valence-electron chi connectivity index (χ2n) is 4.33. The standard InChI is InChI=1S/C15H11BrN2O2/c16-11-6-2-3-7-12(11)17-15(19)9-13-10-5-1-4-8-14(10)20-18-13/h1-8H,9H2,(H,17,19). The molecule has 1 aromatic heterocycles. The smallest absolute Gasteiger partial charge is 0.230 e. The molecule has 0 atom stereocenters. The van der Waals surface area contributed by atoms with Crippen molar-refractivity contribution in [3.8, 4) is 0 Å². The molecule has 0 radical (unpaired) electrons. The van der Waals surface area contributed by atoms with Crippen molar-refractivity contribution in [2.75, 3.05) is 5.32 Å². The first kappa shape index (κ1) is 12.9. The summed E-state index contributed by atoms with van der Waals surface area (Å²) in [5, 5.41) is 7.67. The minimum atomic E-state index is -0.129. The summed E-state index contributed by atoms with van der Waals surface area (Å²) in [5.74, 6) is -0.129. The van der Waals surface area contributed by atoms with Crippen LogP contribution < -0.4 is 5.32 Å². The summed E-state index contributed by atoms with van der Waals surface area (Å²) in [6.45, 7) is 0. The average molecular weight is 331 g/mol. The van der Waals surface area contributed by atoms with E-state index in [0.717, 1.165) is 15.5 Å². The Kier molecular flexibility index (Phi) is 3.52. The molecule has 0 saturated carbocycles. The van der Waals surface area contributed by atoms with Gasteiger partial charge >= 0.3 is 0 Å². The van der Waals surface area contributed by atoms with Crippen molar-refractivity contribution in [3.05, 3.63) is 58.7 Å². The lowest BCUT2D eigenvalue weighted by Crippen LogP contribution is -2.15. The molecule has 1 N–H and O–H groups in total. The van der Waals surface area contributed by atoms with Crippen molar-refractivity contribution in [3.63, 3.8) is 0 Å². The van der Waals surface area contributed by atoms with Gasteiger partial charge in [0, 0.05) is 9.86 Å². The predicted molar refractivity (Wildman–Crippen MR) is 80.5 cm³/mol. The van der Waals surface area contributed by atoms with Crippen LogP contribution in [0.15, 0.2) is 57.5 Å². The second-order valence-corrected chi connectivity index (χ2v) is 5.18. The third-order valence-corrected chi connectivity index (χ3v) is 3.62. The summed E-state index contributed by atoms with van der Waals surface area (Å²) >= 11 is 3.39. The zero-order valence-corrected chi connectivity index (χ0v) is 12.1. The Balaban J connectivity index is 1.78. The summed E-state index contributed by atoms with van der Waals surface area (Å²) in [6.07, 6.45) is 0.179. The van der Waals surface area contributed by atoms with Gasteiger partial charge in [-0.2, -0.15) is 0 Å². The van der Waals surface area contributed by atoms with Crippen molar-refractivity contribution in [2.45, 2.75) is 6.42 Å². The molecule has 3 rings (SSSR count). The van der Waals surface area contributed by atoms with Gasteiger partial charge in [-0.25, -0.2) is 0 Å². The zero-order valence-electron chi connectivity index (χ0n) is 10.5. The normalized spacial score (nSPS) is 10.7. The summed E-state index contributed by atoms with van der Waals surface area (Å²) in [4.78, 5) is 12.1. The van der Waals surface area contributed by atoms with Gasteiger partial charge in [0.25, 0.3) is 0 Å². The van der Waals surface area contributed by atoms with E-state index in [2.05, 4.69) is 26.4 Å². The number of nitrogens with zero attached hydrogens (tertiary/aromatic N) is 1. The number of hydrogen-bond donors (Lipinski definition) is 1. The quantitative estimate of drug-likeness (QED) is 0.795. The van der Waals surface area contributed by atoms with Crippen molar-refractivity contribution < 1.29 is 9.32 Å². The van der Waals surface area contributed by atoms with Crippen LogP contribution in [0.2, 0.25) is 0 Å². The molecule has 0 fully saturated rings. The Morgan fingerprint density at radius 2 is 1.90 bits per heavy atom. The van der Waals surface area contributed by atoms with Crippen LogP contribution in [-0.4, -0.2) is 11.1 Å². The maximum absolute atomic E-state index is 12.1. The van der Waals surface area contributed by atoms with Gasteiger partial charge in [0.15, 0.2) is 5.58 Å². The van der Waals surface area contributed by atoms with Crippen LogP contribution in [0.1, 0.15) is 5.69 Å². The van der Waals surface area contributed by atoms with E-state index in [1.54, 1.807) is 0 Å².